The van der Waals surface area contributed by atoms with Gasteiger partial charge in [-0.15, -0.1) is 0 Å². The molecule has 8 nitrogen and oxygen atoms in total. The Morgan fingerprint density at radius 2 is 1.97 bits per heavy atom. The van der Waals surface area contributed by atoms with Crippen LogP contribution in [0.3, 0.4) is 0 Å². The predicted molar refractivity (Wildman–Crippen MR) is 139 cm³/mol. The maximum Gasteiger partial charge on any atom is 0.413 e. The molecule has 3 atom stereocenters. The number of aromatic amines is 1. The smallest absolute Gasteiger partial charge is 0.413 e. The molecule has 190 valence electrons. The summed E-state index contributed by atoms with van der Waals surface area (Å²) in [5.74, 6) is 2.04. The third-order valence-corrected chi connectivity index (χ3v) is 7.77. The van der Waals surface area contributed by atoms with Crippen LogP contribution in [0, 0.1) is 5.92 Å². The van der Waals surface area contributed by atoms with Crippen LogP contribution in [0.5, 0.6) is 0 Å². The SMILES string of the molecule is C[C@@H]1c2oncc2C[C@]2(c3ccccc3)c3[nH]nc(-c4ccc(NC(=O)OC(C)(C)C)nc4)c3CC[C@@H]12. The van der Waals surface area contributed by atoms with Gasteiger partial charge in [-0.2, -0.15) is 5.10 Å². The second-order valence-electron chi connectivity index (χ2n) is 11.1. The third kappa shape index (κ3) is 3.91. The Morgan fingerprint density at radius 1 is 1.16 bits per heavy atom. The van der Waals surface area contributed by atoms with Gasteiger partial charge in [0.05, 0.1) is 17.6 Å². The first kappa shape index (κ1) is 23.5. The molecule has 0 saturated carbocycles. The average molecular weight is 498 g/mol. The lowest BCUT2D eigenvalue weighted by molar-refractivity contribution is 0.0635. The summed E-state index contributed by atoms with van der Waals surface area (Å²) in [5, 5.41) is 15.1. The highest BCUT2D eigenvalue weighted by molar-refractivity contribution is 5.84. The number of anilines is 1. The van der Waals surface area contributed by atoms with E-state index in [1.54, 1.807) is 12.3 Å². The second kappa shape index (κ2) is 8.57. The normalized spacial score (nSPS) is 22.5. The van der Waals surface area contributed by atoms with Gasteiger partial charge in [0.2, 0.25) is 0 Å². The molecular weight excluding hydrogens is 466 g/mol. The van der Waals surface area contributed by atoms with Gasteiger partial charge in [0.25, 0.3) is 0 Å². The van der Waals surface area contributed by atoms with E-state index in [2.05, 4.69) is 57.8 Å². The molecule has 6 rings (SSSR count). The minimum Gasteiger partial charge on any atom is -0.444 e. The summed E-state index contributed by atoms with van der Waals surface area (Å²) in [4.78, 5) is 16.6. The summed E-state index contributed by atoms with van der Waals surface area (Å²) in [5.41, 5.74) is 5.83. The van der Waals surface area contributed by atoms with Gasteiger partial charge >= 0.3 is 6.09 Å². The van der Waals surface area contributed by atoms with Crippen LogP contribution >= 0.6 is 0 Å². The number of rotatable bonds is 3. The van der Waals surface area contributed by atoms with Crippen LogP contribution in [0.15, 0.2) is 59.4 Å². The fraction of sp³-hybridized carbons (Fsp3) is 0.379. The lowest BCUT2D eigenvalue weighted by Gasteiger charge is -2.49. The largest absolute Gasteiger partial charge is 0.444 e. The molecule has 2 N–H and O–H groups in total. The highest BCUT2D eigenvalue weighted by Gasteiger charge is 2.54. The molecular formula is C29H31N5O3. The number of aromatic nitrogens is 4. The molecule has 0 saturated heterocycles. The van der Waals surface area contributed by atoms with Crippen molar-refractivity contribution >= 4 is 11.9 Å². The number of hydrogen-bond acceptors (Lipinski definition) is 6. The summed E-state index contributed by atoms with van der Waals surface area (Å²) in [6.45, 7) is 7.74. The lowest BCUT2D eigenvalue weighted by atomic mass is 9.53. The van der Waals surface area contributed by atoms with Gasteiger partial charge in [0, 0.05) is 34.2 Å². The Hall–Kier alpha value is -3.94. The summed E-state index contributed by atoms with van der Waals surface area (Å²) in [6, 6.07) is 14.5. The van der Waals surface area contributed by atoms with Gasteiger partial charge in [0.1, 0.15) is 17.2 Å². The Kier molecular flexibility index (Phi) is 5.44. The first-order valence-electron chi connectivity index (χ1n) is 12.8. The van der Waals surface area contributed by atoms with Crippen LogP contribution in [0.4, 0.5) is 10.6 Å². The number of ether oxygens (including phenoxy) is 1. The van der Waals surface area contributed by atoms with E-state index in [-0.39, 0.29) is 11.3 Å². The summed E-state index contributed by atoms with van der Waals surface area (Å²) in [7, 11) is 0. The van der Waals surface area contributed by atoms with E-state index in [9.17, 15) is 4.79 Å². The Balaban J connectivity index is 1.38. The number of carbonyl (C=O) groups is 1. The van der Waals surface area contributed by atoms with Crippen molar-refractivity contribution in [2.24, 2.45) is 5.92 Å². The molecule has 0 spiro atoms. The van der Waals surface area contributed by atoms with Crippen molar-refractivity contribution in [2.45, 2.75) is 63.9 Å². The molecule has 0 unspecified atom stereocenters. The fourth-order valence-corrected chi connectivity index (χ4v) is 6.32. The molecule has 0 fully saturated rings. The molecule has 0 bridgehead atoms. The van der Waals surface area contributed by atoms with Crippen LogP contribution < -0.4 is 5.32 Å². The minimum absolute atomic E-state index is 0.242. The van der Waals surface area contributed by atoms with Gasteiger partial charge in [-0.05, 0) is 63.6 Å². The number of hydrogen-bond donors (Lipinski definition) is 2. The molecule has 8 heteroatoms. The topological polar surface area (TPSA) is 106 Å². The highest BCUT2D eigenvalue weighted by Crippen LogP contribution is 2.57. The van der Waals surface area contributed by atoms with E-state index in [0.29, 0.717) is 11.7 Å². The van der Waals surface area contributed by atoms with E-state index in [0.717, 1.165) is 41.8 Å². The quantitative estimate of drug-likeness (QED) is 0.359. The van der Waals surface area contributed by atoms with Gasteiger partial charge in [-0.1, -0.05) is 42.4 Å². The van der Waals surface area contributed by atoms with E-state index >= 15 is 0 Å². The zero-order valence-corrected chi connectivity index (χ0v) is 21.5. The average Bonchev–Trinajstić information content (AvgIpc) is 3.51. The molecule has 4 aromatic rings. The lowest BCUT2D eigenvalue weighted by Crippen LogP contribution is -2.47. The van der Waals surface area contributed by atoms with Gasteiger partial charge < -0.3 is 9.26 Å². The predicted octanol–water partition coefficient (Wildman–Crippen LogP) is 6.02. The number of pyridine rings is 1. The van der Waals surface area contributed by atoms with Crippen molar-refractivity contribution in [3.63, 3.8) is 0 Å². The fourth-order valence-electron chi connectivity index (χ4n) is 6.32. The molecule has 2 aliphatic rings. The van der Waals surface area contributed by atoms with E-state index in [1.807, 2.05) is 33.0 Å². The van der Waals surface area contributed by atoms with Crippen LogP contribution in [0.2, 0.25) is 0 Å². The zero-order chi connectivity index (χ0) is 25.8. The Labute approximate surface area is 215 Å². The zero-order valence-electron chi connectivity index (χ0n) is 21.5. The van der Waals surface area contributed by atoms with Crippen molar-refractivity contribution in [1.29, 1.82) is 0 Å². The molecule has 0 radical (unpaired) electrons. The van der Waals surface area contributed by atoms with Crippen LogP contribution in [-0.2, 0) is 23.0 Å². The maximum absolute atomic E-state index is 12.1. The van der Waals surface area contributed by atoms with Crippen LogP contribution in [0.1, 0.15) is 68.2 Å². The molecule has 2 aliphatic carbocycles. The Morgan fingerprint density at radius 3 is 2.70 bits per heavy atom. The van der Waals surface area contributed by atoms with Gasteiger partial charge in [0.15, 0.2) is 0 Å². The summed E-state index contributed by atoms with van der Waals surface area (Å²) < 4.78 is 11.0. The number of H-pyrrole nitrogens is 1. The summed E-state index contributed by atoms with van der Waals surface area (Å²) in [6.07, 6.45) is 5.84. The molecule has 3 aromatic heterocycles. The van der Waals surface area contributed by atoms with Gasteiger partial charge in [-0.3, -0.25) is 10.4 Å². The van der Waals surface area contributed by atoms with Gasteiger partial charge in [-0.25, -0.2) is 9.78 Å². The van der Waals surface area contributed by atoms with Crippen molar-refractivity contribution in [3.8, 4) is 11.3 Å². The van der Waals surface area contributed by atoms with Crippen molar-refractivity contribution < 1.29 is 14.1 Å². The number of fused-ring (bicyclic) bond motifs is 4. The molecule has 3 heterocycles. The highest BCUT2D eigenvalue weighted by atomic mass is 16.6. The first-order valence-corrected chi connectivity index (χ1v) is 12.8. The minimum atomic E-state index is -0.575. The second-order valence-corrected chi connectivity index (χ2v) is 11.1. The first-order chi connectivity index (χ1) is 17.8. The molecule has 37 heavy (non-hydrogen) atoms. The molecule has 1 aromatic carbocycles. The standard InChI is InChI=1S/C29H31N5O3/c1-17-22-12-11-21-24(18-10-13-23(30-15-18)32-27(35)36-28(2,3)4)33-34-26(21)29(22,20-8-6-5-7-9-20)14-19-16-31-37-25(17)19/h5-10,13,15-17,22H,11-12,14H2,1-4H3,(H,33,34)(H,30,32,35)/t17-,22-,29+/m0/s1. The number of benzene rings is 1. The molecule has 1 amide bonds. The Bertz CT molecular complexity index is 1430. The monoisotopic (exact) mass is 497 g/mol. The number of nitrogens with one attached hydrogen (secondary N) is 2. The van der Waals surface area contributed by atoms with E-state index in [4.69, 9.17) is 14.4 Å². The third-order valence-electron chi connectivity index (χ3n) is 7.77. The molecule has 0 aliphatic heterocycles. The van der Waals surface area contributed by atoms with E-state index < -0.39 is 11.7 Å². The number of amides is 1. The summed E-state index contributed by atoms with van der Waals surface area (Å²) >= 11 is 0. The van der Waals surface area contributed by atoms with Crippen molar-refractivity contribution in [3.05, 3.63) is 83.0 Å². The number of nitrogens with zero attached hydrogens (tertiary/aromatic N) is 3. The van der Waals surface area contributed by atoms with Crippen molar-refractivity contribution in [2.75, 3.05) is 5.32 Å². The van der Waals surface area contributed by atoms with E-state index in [1.165, 1.54) is 16.8 Å². The number of carbonyl (C=O) groups excluding carboxylic acids is 1. The van der Waals surface area contributed by atoms with Crippen LogP contribution in [0.25, 0.3) is 11.3 Å². The maximum atomic E-state index is 12.1. The van der Waals surface area contributed by atoms with Crippen molar-refractivity contribution in [1.82, 2.24) is 20.3 Å². The van der Waals surface area contributed by atoms with Crippen LogP contribution in [-0.4, -0.2) is 32.0 Å².